The van der Waals surface area contributed by atoms with Gasteiger partial charge < -0.3 is 10.0 Å². The molecule has 10 nitrogen and oxygen atoms in total. The van der Waals surface area contributed by atoms with Crippen molar-refractivity contribution in [2.24, 2.45) is 0 Å². The van der Waals surface area contributed by atoms with Crippen LogP contribution in [0.25, 0.3) is 5.69 Å². The summed E-state index contributed by atoms with van der Waals surface area (Å²) < 4.78 is 1.46. The molecule has 29 heavy (non-hydrogen) atoms. The Morgan fingerprint density at radius 1 is 1.17 bits per heavy atom. The van der Waals surface area contributed by atoms with Crippen LogP contribution in [0, 0.1) is 0 Å². The fourth-order valence-corrected chi connectivity index (χ4v) is 4.66. The summed E-state index contributed by atoms with van der Waals surface area (Å²) in [6.45, 7) is -0.117. The van der Waals surface area contributed by atoms with Crippen LogP contribution in [0.4, 0.5) is 0 Å². The molecule has 4 rings (SSSR count). The van der Waals surface area contributed by atoms with Crippen molar-refractivity contribution in [1.82, 2.24) is 30.4 Å². The first-order valence-electron chi connectivity index (χ1n) is 9.35. The number of nitrogens with one attached hydrogen (secondary N) is 1. The molecule has 1 aliphatic carbocycles. The average Bonchev–Trinajstić information content (AvgIpc) is 3.19. The molecule has 2 fully saturated rings. The van der Waals surface area contributed by atoms with Crippen molar-refractivity contribution in [3.05, 3.63) is 24.3 Å². The maximum atomic E-state index is 13.0. The monoisotopic (exact) mass is 416 g/mol. The molecule has 1 saturated heterocycles. The summed E-state index contributed by atoms with van der Waals surface area (Å²) in [5.41, 5.74) is -0.300. The van der Waals surface area contributed by atoms with Crippen LogP contribution in [0.1, 0.15) is 32.1 Å². The lowest BCUT2D eigenvalue weighted by molar-refractivity contribution is -0.158. The summed E-state index contributed by atoms with van der Waals surface area (Å²) in [5, 5.41) is 23.8. The lowest BCUT2D eigenvalue weighted by Gasteiger charge is -2.47. The Labute approximate surface area is 170 Å². The Morgan fingerprint density at radius 2 is 1.90 bits per heavy atom. The first kappa shape index (κ1) is 19.4. The van der Waals surface area contributed by atoms with E-state index in [1.807, 2.05) is 0 Å². The maximum absolute atomic E-state index is 13.0. The molecule has 2 N–H and O–H groups in total. The zero-order valence-corrected chi connectivity index (χ0v) is 16.4. The van der Waals surface area contributed by atoms with Crippen LogP contribution in [-0.4, -0.2) is 65.8 Å². The van der Waals surface area contributed by atoms with Gasteiger partial charge in [0.15, 0.2) is 0 Å². The Hall–Kier alpha value is -2.95. The molecule has 1 aromatic carbocycles. The molecule has 0 unspecified atom stereocenters. The van der Waals surface area contributed by atoms with Crippen molar-refractivity contribution in [1.29, 1.82) is 0 Å². The van der Waals surface area contributed by atoms with Gasteiger partial charge in [0.1, 0.15) is 17.8 Å². The number of rotatable bonds is 4. The Bertz CT molecular complexity index is 938. The first-order chi connectivity index (χ1) is 14.0. The van der Waals surface area contributed by atoms with Gasteiger partial charge in [0.05, 0.1) is 11.4 Å². The van der Waals surface area contributed by atoms with Gasteiger partial charge in [-0.2, -0.15) is 4.68 Å². The second kappa shape index (κ2) is 7.82. The van der Waals surface area contributed by atoms with Gasteiger partial charge in [0.25, 0.3) is 5.91 Å². The van der Waals surface area contributed by atoms with Crippen LogP contribution in [-0.2, 0) is 14.4 Å². The number of tetrazole rings is 1. The van der Waals surface area contributed by atoms with E-state index in [9.17, 15) is 19.5 Å². The highest BCUT2D eigenvalue weighted by molar-refractivity contribution is 7.99. The molecule has 1 spiro atoms. The molecule has 2 aliphatic rings. The number of nitrogens with zero attached hydrogens (tertiary/aromatic N) is 5. The fraction of sp³-hybridized carbons (Fsp3) is 0.444. The van der Waals surface area contributed by atoms with Crippen LogP contribution >= 0.6 is 11.8 Å². The molecular weight excluding hydrogens is 396 g/mol. The molecule has 1 saturated carbocycles. The number of carbonyl (C=O) groups is 3. The summed E-state index contributed by atoms with van der Waals surface area (Å²) in [4.78, 5) is 39.0. The summed E-state index contributed by atoms with van der Waals surface area (Å²) in [6, 6.07) is 6.34. The van der Waals surface area contributed by atoms with Gasteiger partial charge in [-0.05, 0) is 47.5 Å². The molecule has 0 atom stereocenters. The number of imide groups is 1. The minimum Gasteiger partial charge on any atom is -0.508 e. The van der Waals surface area contributed by atoms with E-state index in [-0.39, 0.29) is 29.9 Å². The van der Waals surface area contributed by atoms with Crippen LogP contribution in [0.15, 0.2) is 29.4 Å². The number of phenolic OH excluding ortho intramolecular Hbond substituents is 1. The second-order valence-corrected chi connectivity index (χ2v) is 8.07. The third-order valence-electron chi connectivity index (χ3n) is 5.34. The van der Waals surface area contributed by atoms with Crippen molar-refractivity contribution in [2.45, 2.75) is 42.8 Å². The number of benzene rings is 1. The van der Waals surface area contributed by atoms with E-state index >= 15 is 0 Å². The number of amides is 3. The molecule has 2 heterocycles. The van der Waals surface area contributed by atoms with E-state index in [1.165, 1.54) is 21.7 Å². The third-order valence-corrected chi connectivity index (χ3v) is 6.24. The van der Waals surface area contributed by atoms with E-state index in [1.54, 1.807) is 12.1 Å². The number of carbonyl (C=O) groups excluding carboxylic acids is 3. The van der Waals surface area contributed by atoms with E-state index in [0.717, 1.165) is 31.0 Å². The molecular formula is C18H20N6O4S. The summed E-state index contributed by atoms with van der Waals surface area (Å²) in [5.74, 6) is -1.00. The first-order valence-corrected chi connectivity index (χ1v) is 10.3. The van der Waals surface area contributed by atoms with Crippen LogP contribution < -0.4 is 5.32 Å². The number of hydrogen-bond donors (Lipinski definition) is 2. The van der Waals surface area contributed by atoms with Crippen LogP contribution in [0.2, 0.25) is 0 Å². The van der Waals surface area contributed by atoms with Gasteiger partial charge in [-0.25, -0.2) is 0 Å². The summed E-state index contributed by atoms with van der Waals surface area (Å²) >= 11 is 1.13. The minimum absolute atomic E-state index is 0.000761. The summed E-state index contributed by atoms with van der Waals surface area (Å²) in [7, 11) is 0. The second-order valence-electron chi connectivity index (χ2n) is 7.13. The Kier molecular flexibility index (Phi) is 5.22. The largest absolute Gasteiger partial charge is 0.508 e. The van der Waals surface area contributed by atoms with Crippen LogP contribution in [0.5, 0.6) is 5.75 Å². The van der Waals surface area contributed by atoms with E-state index in [2.05, 4.69) is 20.8 Å². The summed E-state index contributed by atoms with van der Waals surface area (Å²) in [6.07, 6.45) is 3.83. The number of thioether (sulfide) groups is 1. The van der Waals surface area contributed by atoms with Gasteiger partial charge in [-0.3, -0.25) is 19.7 Å². The fourth-order valence-electron chi connectivity index (χ4n) is 3.89. The molecule has 1 aromatic heterocycles. The lowest BCUT2D eigenvalue weighted by atomic mass is 9.78. The van der Waals surface area contributed by atoms with Crippen molar-refractivity contribution in [3.8, 4) is 11.4 Å². The Balaban J connectivity index is 1.51. The highest BCUT2D eigenvalue weighted by atomic mass is 32.2. The average molecular weight is 416 g/mol. The van der Waals surface area contributed by atoms with Gasteiger partial charge in [0.2, 0.25) is 17.0 Å². The number of aromatic hydroxyl groups is 1. The number of aromatic nitrogens is 4. The number of phenols is 1. The molecule has 1 aliphatic heterocycles. The molecule has 11 heteroatoms. The lowest BCUT2D eigenvalue weighted by Crippen LogP contribution is -2.69. The molecule has 2 aromatic rings. The van der Waals surface area contributed by atoms with Gasteiger partial charge in [0, 0.05) is 0 Å². The van der Waals surface area contributed by atoms with Crippen molar-refractivity contribution < 1.29 is 19.5 Å². The highest BCUT2D eigenvalue weighted by Gasteiger charge is 2.50. The van der Waals surface area contributed by atoms with Crippen molar-refractivity contribution >= 4 is 29.5 Å². The topological polar surface area (TPSA) is 130 Å². The van der Waals surface area contributed by atoms with Gasteiger partial charge in [-0.1, -0.05) is 31.0 Å². The highest BCUT2D eigenvalue weighted by Crippen LogP contribution is 2.36. The van der Waals surface area contributed by atoms with E-state index in [0.29, 0.717) is 23.7 Å². The number of piperazine rings is 1. The minimum atomic E-state index is -0.938. The molecule has 3 amide bonds. The standard InChI is InChI=1S/C18H20N6O4S/c25-13-6-4-12(5-7-13)24-17(20-21-22-24)29-11-15(27)23-10-14(26)19-16(28)18(23)8-2-1-3-9-18/h4-7,25H,1-3,8-11H2,(H,19,26,28). The van der Waals surface area contributed by atoms with E-state index in [4.69, 9.17) is 0 Å². The molecule has 152 valence electrons. The zero-order chi connectivity index (χ0) is 20.4. The van der Waals surface area contributed by atoms with E-state index < -0.39 is 11.4 Å². The predicted molar refractivity (Wildman–Crippen MR) is 102 cm³/mol. The molecule has 0 radical (unpaired) electrons. The van der Waals surface area contributed by atoms with Gasteiger partial charge >= 0.3 is 0 Å². The normalized spacial score (nSPS) is 18.7. The predicted octanol–water partition coefficient (Wildman–Crippen LogP) is 0.648. The zero-order valence-electron chi connectivity index (χ0n) is 15.6. The van der Waals surface area contributed by atoms with Gasteiger partial charge in [-0.15, -0.1) is 5.10 Å². The van der Waals surface area contributed by atoms with Crippen molar-refractivity contribution in [3.63, 3.8) is 0 Å². The maximum Gasteiger partial charge on any atom is 0.252 e. The smallest absolute Gasteiger partial charge is 0.252 e. The van der Waals surface area contributed by atoms with Crippen LogP contribution in [0.3, 0.4) is 0 Å². The SMILES string of the molecule is O=C1CN(C(=O)CSc2nnnn2-c2ccc(O)cc2)C2(CCCCC2)C(=O)N1. The Morgan fingerprint density at radius 3 is 2.62 bits per heavy atom. The van der Waals surface area contributed by atoms with Crippen molar-refractivity contribution in [2.75, 3.05) is 12.3 Å². The quantitative estimate of drug-likeness (QED) is 0.549. The number of hydrogen-bond acceptors (Lipinski definition) is 8. The molecule has 0 bridgehead atoms. The third kappa shape index (κ3) is 3.69.